The minimum absolute atomic E-state index is 0.213. The molecule has 0 amide bonds. The standard InChI is InChI=1S/C14H16N3O4S/c1-19-9-4-7(5-10(20-2)12(9)21-3)11-8(6-15)13(18)17-14(22)16-11/h4-5,8,11,13H,1-3H3,(H2,16,17,22)/q-1. The van der Waals surface area contributed by atoms with Crippen LogP contribution in [0.3, 0.4) is 0 Å². The molecule has 1 aliphatic rings. The molecular formula is C14H16N3O4S-. The molecule has 118 valence electrons. The Morgan fingerprint density at radius 2 is 1.73 bits per heavy atom. The van der Waals surface area contributed by atoms with Crippen LogP contribution in [-0.2, 0) is 0 Å². The molecule has 22 heavy (non-hydrogen) atoms. The lowest BCUT2D eigenvalue weighted by Crippen LogP contribution is -2.61. The van der Waals surface area contributed by atoms with E-state index in [1.165, 1.54) is 21.3 Å². The number of rotatable bonds is 4. The van der Waals surface area contributed by atoms with Gasteiger partial charge in [-0.05, 0) is 36.1 Å². The third-order valence-electron chi connectivity index (χ3n) is 3.44. The number of hydrogen-bond donors (Lipinski definition) is 2. The summed E-state index contributed by atoms with van der Waals surface area (Å²) < 4.78 is 15.8. The predicted molar refractivity (Wildman–Crippen MR) is 80.6 cm³/mol. The van der Waals surface area contributed by atoms with Crippen molar-refractivity contribution in [2.75, 3.05) is 21.3 Å². The van der Waals surface area contributed by atoms with Crippen molar-refractivity contribution in [3.8, 4) is 23.3 Å². The van der Waals surface area contributed by atoms with Crippen LogP contribution in [0.25, 0.3) is 0 Å². The molecule has 1 heterocycles. The van der Waals surface area contributed by atoms with Crippen molar-refractivity contribution < 1.29 is 19.3 Å². The third-order valence-corrected chi connectivity index (χ3v) is 3.68. The fourth-order valence-electron chi connectivity index (χ4n) is 2.38. The van der Waals surface area contributed by atoms with E-state index in [0.29, 0.717) is 22.8 Å². The zero-order valence-corrected chi connectivity index (χ0v) is 13.2. The summed E-state index contributed by atoms with van der Waals surface area (Å²) in [5.41, 5.74) is 0.658. The maximum absolute atomic E-state index is 12.0. The van der Waals surface area contributed by atoms with E-state index in [1.54, 1.807) is 12.1 Å². The van der Waals surface area contributed by atoms with Gasteiger partial charge in [0.05, 0.1) is 39.4 Å². The van der Waals surface area contributed by atoms with Crippen LogP contribution in [0.15, 0.2) is 12.1 Å². The molecule has 1 aliphatic heterocycles. The molecular weight excluding hydrogens is 306 g/mol. The monoisotopic (exact) mass is 322 g/mol. The van der Waals surface area contributed by atoms with E-state index in [1.807, 2.05) is 6.07 Å². The fourth-order valence-corrected chi connectivity index (χ4v) is 2.62. The van der Waals surface area contributed by atoms with Crippen molar-refractivity contribution in [2.45, 2.75) is 12.3 Å². The normalized spacial score (nSPS) is 23.8. The molecule has 1 saturated heterocycles. The van der Waals surface area contributed by atoms with Gasteiger partial charge >= 0.3 is 0 Å². The molecule has 7 nitrogen and oxygen atoms in total. The second kappa shape index (κ2) is 6.68. The fraction of sp³-hybridized carbons (Fsp3) is 0.429. The van der Waals surface area contributed by atoms with Gasteiger partial charge in [-0.1, -0.05) is 0 Å². The number of nitrogens with one attached hydrogen (secondary N) is 2. The van der Waals surface area contributed by atoms with Crippen molar-refractivity contribution >= 4 is 17.3 Å². The average Bonchev–Trinajstić information content (AvgIpc) is 2.52. The van der Waals surface area contributed by atoms with Gasteiger partial charge in [-0.2, -0.15) is 5.26 Å². The molecule has 1 aromatic rings. The highest BCUT2D eigenvalue weighted by Crippen LogP contribution is 2.41. The van der Waals surface area contributed by atoms with Crippen LogP contribution in [0, 0.1) is 17.2 Å². The summed E-state index contributed by atoms with van der Waals surface area (Å²) in [4.78, 5) is 0. The second-order valence-electron chi connectivity index (χ2n) is 4.63. The van der Waals surface area contributed by atoms with Crippen molar-refractivity contribution in [3.63, 3.8) is 0 Å². The molecule has 2 N–H and O–H groups in total. The van der Waals surface area contributed by atoms with Crippen molar-refractivity contribution in [2.24, 2.45) is 5.92 Å². The quantitative estimate of drug-likeness (QED) is 0.751. The number of nitrogens with zero attached hydrogens (tertiary/aromatic N) is 1. The Bertz CT molecular complexity index is 592. The Labute approximate surface area is 133 Å². The Morgan fingerprint density at radius 1 is 1.14 bits per heavy atom. The molecule has 0 spiro atoms. The number of benzene rings is 1. The zero-order valence-electron chi connectivity index (χ0n) is 12.4. The summed E-state index contributed by atoms with van der Waals surface area (Å²) in [7, 11) is 4.50. The van der Waals surface area contributed by atoms with Crippen LogP contribution in [0.4, 0.5) is 0 Å². The maximum atomic E-state index is 12.0. The molecule has 3 atom stereocenters. The Balaban J connectivity index is 2.50. The van der Waals surface area contributed by atoms with E-state index >= 15 is 0 Å². The zero-order chi connectivity index (χ0) is 16.3. The van der Waals surface area contributed by atoms with E-state index in [4.69, 9.17) is 26.4 Å². The highest BCUT2D eigenvalue weighted by atomic mass is 32.1. The Hall–Kier alpha value is -2.24. The van der Waals surface area contributed by atoms with E-state index in [9.17, 15) is 10.4 Å². The van der Waals surface area contributed by atoms with E-state index in [-0.39, 0.29) is 5.11 Å². The maximum Gasteiger partial charge on any atom is 0.203 e. The lowest BCUT2D eigenvalue weighted by atomic mass is 9.90. The first-order chi connectivity index (χ1) is 10.5. The van der Waals surface area contributed by atoms with Gasteiger partial charge in [0.1, 0.15) is 0 Å². The first kappa shape index (κ1) is 16.1. The van der Waals surface area contributed by atoms with Gasteiger partial charge < -0.3 is 30.0 Å². The number of ether oxygens (including phenoxy) is 3. The number of thiocarbonyl (C=S) groups is 1. The minimum Gasteiger partial charge on any atom is -0.835 e. The average molecular weight is 322 g/mol. The first-order valence-corrected chi connectivity index (χ1v) is 6.88. The second-order valence-corrected chi connectivity index (χ2v) is 5.04. The third kappa shape index (κ3) is 2.86. The number of nitriles is 1. The molecule has 0 radical (unpaired) electrons. The first-order valence-electron chi connectivity index (χ1n) is 6.48. The molecule has 0 bridgehead atoms. The largest absolute Gasteiger partial charge is 0.835 e. The molecule has 1 fully saturated rings. The molecule has 0 aromatic heterocycles. The van der Waals surface area contributed by atoms with E-state index in [2.05, 4.69) is 10.6 Å². The van der Waals surface area contributed by atoms with Gasteiger partial charge in [0.15, 0.2) is 16.6 Å². The van der Waals surface area contributed by atoms with Crippen LogP contribution >= 0.6 is 12.2 Å². The van der Waals surface area contributed by atoms with E-state index in [0.717, 1.165) is 0 Å². The van der Waals surface area contributed by atoms with Crippen molar-refractivity contribution in [3.05, 3.63) is 17.7 Å². The van der Waals surface area contributed by atoms with Crippen molar-refractivity contribution in [1.29, 1.82) is 5.26 Å². The summed E-state index contributed by atoms with van der Waals surface area (Å²) in [6, 6.07) is 4.85. The van der Waals surface area contributed by atoms with Crippen molar-refractivity contribution in [1.82, 2.24) is 10.6 Å². The van der Waals surface area contributed by atoms with E-state index < -0.39 is 18.2 Å². The predicted octanol–water partition coefficient (Wildman–Crippen LogP) is 0.0574. The van der Waals surface area contributed by atoms with Crippen LogP contribution in [0.1, 0.15) is 11.6 Å². The SMILES string of the molecule is COc1cc(C2NC(=S)NC([O-])C2C#N)cc(OC)c1OC. The Morgan fingerprint density at radius 3 is 2.18 bits per heavy atom. The number of hydrogen-bond acceptors (Lipinski definition) is 6. The lowest BCUT2D eigenvalue weighted by Gasteiger charge is -2.41. The van der Waals surface area contributed by atoms with Crippen LogP contribution in [-0.4, -0.2) is 32.7 Å². The molecule has 1 aromatic carbocycles. The summed E-state index contributed by atoms with van der Waals surface area (Å²) >= 11 is 5.01. The molecule has 0 saturated carbocycles. The smallest absolute Gasteiger partial charge is 0.203 e. The highest BCUT2D eigenvalue weighted by molar-refractivity contribution is 7.80. The van der Waals surface area contributed by atoms with Gasteiger partial charge in [0, 0.05) is 0 Å². The summed E-state index contributed by atoms with van der Waals surface area (Å²) in [6.07, 6.45) is -1.30. The lowest BCUT2D eigenvalue weighted by molar-refractivity contribution is -0.437. The molecule has 8 heteroatoms. The van der Waals surface area contributed by atoms with Crippen LogP contribution in [0.5, 0.6) is 17.2 Å². The summed E-state index contributed by atoms with van der Waals surface area (Å²) in [5, 5.41) is 26.9. The highest BCUT2D eigenvalue weighted by Gasteiger charge is 2.32. The van der Waals surface area contributed by atoms with Crippen LogP contribution < -0.4 is 30.0 Å². The number of methoxy groups -OCH3 is 3. The van der Waals surface area contributed by atoms with Gasteiger partial charge in [0.2, 0.25) is 5.75 Å². The summed E-state index contributed by atoms with van der Waals surface area (Å²) in [5.74, 6) is 0.497. The topological polar surface area (TPSA) is 98.6 Å². The molecule has 3 unspecified atom stereocenters. The van der Waals surface area contributed by atoms with Gasteiger partial charge in [-0.3, -0.25) is 0 Å². The van der Waals surface area contributed by atoms with Gasteiger partial charge in [-0.25, -0.2) is 0 Å². The van der Waals surface area contributed by atoms with Crippen LogP contribution in [0.2, 0.25) is 0 Å². The molecule has 2 rings (SSSR count). The van der Waals surface area contributed by atoms with Gasteiger partial charge in [0.25, 0.3) is 0 Å². The van der Waals surface area contributed by atoms with Gasteiger partial charge in [-0.15, -0.1) is 0 Å². The summed E-state index contributed by atoms with van der Waals surface area (Å²) in [6.45, 7) is 0. The molecule has 0 aliphatic carbocycles. The Kier molecular flexibility index (Phi) is 4.90. The minimum atomic E-state index is -1.30.